The minimum atomic E-state index is -0.750. The lowest BCUT2D eigenvalue weighted by Crippen LogP contribution is -2.16. The molecule has 3 aromatic rings. The SMILES string of the molecule is CC(CCC(=O)c1nc(-c2ccccn2)[nH]c(=O)c1O)c1ccccc1. The van der Waals surface area contributed by atoms with E-state index in [-0.39, 0.29) is 29.6 Å². The van der Waals surface area contributed by atoms with E-state index in [1.165, 1.54) is 0 Å². The van der Waals surface area contributed by atoms with Crippen LogP contribution in [0, 0.1) is 0 Å². The van der Waals surface area contributed by atoms with E-state index in [2.05, 4.69) is 15.0 Å². The summed E-state index contributed by atoms with van der Waals surface area (Å²) in [5.41, 5.74) is 0.601. The molecule has 0 radical (unpaired) electrons. The Balaban J connectivity index is 1.81. The Morgan fingerprint density at radius 1 is 1.15 bits per heavy atom. The molecule has 0 bridgehead atoms. The summed E-state index contributed by atoms with van der Waals surface area (Å²) in [4.78, 5) is 35.2. The van der Waals surface area contributed by atoms with Crippen molar-refractivity contribution >= 4 is 5.78 Å². The van der Waals surface area contributed by atoms with Crippen LogP contribution in [0.25, 0.3) is 11.5 Å². The molecule has 1 atom stereocenters. The zero-order chi connectivity index (χ0) is 18.5. The Kier molecular flexibility index (Phi) is 5.22. The van der Waals surface area contributed by atoms with Crippen molar-refractivity contribution in [3.63, 3.8) is 0 Å². The fraction of sp³-hybridized carbons (Fsp3) is 0.200. The molecule has 0 spiro atoms. The first-order valence-corrected chi connectivity index (χ1v) is 8.39. The zero-order valence-electron chi connectivity index (χ0n) is 14.3. The molecule has 0 aliphatic rings. The summed E-state index contributed by atoms with van der Waals surface area (Å²) in [6.45, 7) is 2.03. The molecular formula is C20H19N3O3. The molecule has 26 heavy (non-hydrogen) atoms. The van der Waals surface area contributed by atoms with Gasteiger partial charge in [0.05, 0.1) is 0 Å². The van der Waals surface area contributed by atoms with Gasteiger partial charge in [-0.15, -0.1) is 0 Å². The molecule has 0 aliphatic carbocycles. The van der Waals surface area contributed by atoms with Gasteiger partial charge in [-0.1, -0.05) is 43.3 Å². The van der Waals surface area contributed by atoms with Crippen molar-refractivity contribution in [3.05, 3.63) is 76.3 Å². The van der Waals surface area contributed by atoms with E-state index in [0.29, 0.717) is 12.1 Å². The molecule has 6 heteroatoms. The summed E-state index contributed by atoms with van der Waals surface area (Å²) < 4.78 is 0. The highest BCUT2D eigenvalue weighted by Gasteiger charge is 2.19. The van der Waals surface area contributed by atoms with E-state index in [0.717, 1.165) is 5.56 Å². The molecule has 132 valence electrons. The smallest absolute Gasteiger partial charge is 0.294 e. The first-order chi connectivity index (χ1) is 12.6. The number of hydrogen-bond donors (Lipinski definition) is 2. The molecule has 0 fully saturated rings. The van der Waals surface area contributed by atoms with Crippen LogP contribution in [-0.4, -0.2) is 25.8 Å². The van der Waals surface area contributed by atoms with Gasteiger partial charge in [0.1, 0.15) is 5.69 Å². The van der Waals surface area contributed by atoms with Crippen molar-refractivity contribution in [1.82, 2.24) is 15.0 Å². The predicted octanol–water partition coefficient (Wildman–Crippen LogP) is 3.30. The third-order valence-electron chi connectivity index (χ3n) is 4.24. The molecule has 2 aromatic heterocycles. The fourth-order valence-corrected chi connectivity index (χ4v) is 2.70. The van der Waals surface area contributed by atoms with Crippen molar-refractivity contribution < 1.29 is 9.90 Å². The topological polar surface area (TPSA) is 95.9 Å². The number of pyridine rings is 1. The van der Waals surface area contributed by atoms with E-state index in [1.807, 2.05) is 37.3 Å². The van der Waals surface area contributed by atoms with E-state index >= 15 is 0 Å². The molecule has 2 heterocycles. The Hall–Kier alpha value is -3.28. The molecule has 1 aromatic carbocycles. The summed E-state index contributed by atoms with van der Waals surface area (Å²) >= 11 is 0. The fourth-order valence-electron chi connectivity index (χ4n) is 2.70. The average molecular weight is 349 g/mol. The number of carbonyl (C=O) groups excluding carboxylic acids is 1. The second-order valence-corrected chi connectivity index (χ2v) is 6.10. The second-order valence-electron chi connectivity index (χ2n) is 6.10. The van der Waals surface area contributed by atoms with Crippen LogP contribution in [0.1, 0.15) is 41.7 Å². The third-order valence-corrected chi connectivity index (χ3v) is 4.24. The molecule has 0 amide bonds. The number of benzene rings is 1. The summed E-state index contributed by atoms with van der Waals surface area (Å²) in [5, 5.41) is 9.97. The molecule has 3 rings (SSSR count). The third kappa shape index (κ3) is 3.85. The van der Waals surface area contributed by atoms with Crippen LogP contribution >= 0.6 is 0 Å². The number of nitrogens with zero attached hydrogens (tertiary/aromatic N) is 2. The van der Waals surface area contributed by atoms with Crippen molar-refractivity contribution in [3.8, 4) is 17.3 Å². The Morgan fingerprint density at radius 3 is 2.58 bits per heavy atom. The number of rotatable bonds is 6. The number of aromatic hydroxyl groups is 1. The zero-order valence-corrected chi connectivity index (χ0v) is 14.3. The molecule has 6 nitrogen and oxygen atoms in total. The molecule has 0 saturated heterocycles. The van der Waals surface area contributed by atoms with Gasteiger partial charge in [-0.3, -0.25) is 14.6 Å². The molecular weight excluding hydrogens is 330 g/mol. The Labute approximate surface area is 150 Å². The summed E-state index contributed by atoms with van der Waals surface area (Å²) in [7, 11) is 0. The Morgan fingerprint density at radius 2 is 1.88 bits per heavy atom. The van der Waals surface area contributed by atoms with E-state index in [4.69, 9.17) is 0 Å². The number of H-pyrrole nitrogens is 1. The highest BCUT2D eigenvalue weighted by molar-refractivity contribution is 5.96. The number of Topliss-reactive ketones (excluding diaryl/α,β-unsaturated/α-hetero) is 1. The van der Waals surface area contributed by atoms with Crippen LogP contribution in [0.2, 0.25) is 0 Å². The number of ketones is 1. The minimum absolute atomic E-state index is 0.160. The van der Waals surface area contributed by atoms with Crippen LogP contribution in [0.5, 0.6) is 5.75 Å². The van der Waals surface area contributed by atoms with Gasteiger partial charge in [0.15, 0.2) is 17.3 Å². The standard InChI is InChI=1S/C20H19N3O3/c1-13(14-7-3-2-4-8-14)10-11-16(24)17-18(25)20(26)23-19(22-17)15-9-5-6-12-21-15/h2-9,12-13,25H,10-11H2,1H3,(H,22,23,26). The van der Waals surface area contributed by atoms with Crippen LogP contribution in [0.4, 0.5) is 0 Å². The quantitative estimate of drug-likeness (QED) is 0.666. The Bertz CT molecular complexity index is 953. The first-order valence-electron chi connectivity index (χ1n) is 8.39. The lowest BCUT2D eigenvalue weighted by Gasteiger charge is -2.11. The van der Waals surface area contributed by atoms with Crippen LogP contribution in [-0.2, 0) is 0 Å². The van der Waals surface area contributed by atoms with Gasteiger partial charge >= 0.3 is 0 Å². The van der Waals surface area contributed by atoms with Gasteiger partial charge in [0, 0.05) is 12.6 Å². The van der Waals surface area contributed by atoms with Crippen LogP contribution in [0.15, 0.2) is 59.5 Å². The highest BCUT2D eigenvalue weighted by atomic mass is 16.3. The van der Waals surface area contributed by atoms with Gasteiger partial charge in [-0.2, -0.15) is 0 Å². The summed E-state index contributed by atoms with van der Waals surface area (Å²) in [5.74, 6) is -0.678. The van der Waals surface area contributed by atoms with Crippen LogP contribution < -0.4 is 5.56 Å². The van der Waals surface area contributed by atoms with Gasteiger partial charge in [-0.05, 0) is 30.0 Å². The van der Waals surface area contributed by atoms with Crippen LogP contribution in [0.3, 0.4) is 0 Å². The maximum Gasteiger partial charge on any atom is 0.294 e. The molecule has 0 saturated carbocycles. The van der Waals surface area contributed by atoms with E-state index in [1.54, 1.807) is 24.4 Å². The maximum atomic E-state index is 12.5. The van der Waals surface area contributed by atoms with Gasteiger partial charge in [-0.25, -0.2) is 4.98 Å². The number of hydrogen-bond acceptors (Lipinski definition) is 5. The normalized spacial score (nSPS) is 11.9. The number of nitrogens with one attached hydrogen (secondary N) is 1. The lowest BCUT2D eigenvalue weighted by molar-refractivity contribution is 0.0970. The lowest BCUT2D eigenvalue weighted by atomic mass is 9.94. The van der Waals surface area contributed by atoms with Crippen molar-refractivity contribution in [1.29, 1.82) is 0 Å². The highest BCUT2D eigenvalue weighted by Crippen LogP contribution is 2.23. The van der Waals surface area contributed by atoms with Crippen molar-refractivity contribution in [2.75, 3.05) is 0 Å². The summed E-state index contributed by atoms with van der Waals surface area (Å²) in [6.07, 6.45) is 2.34. The largest absolute Gasteiger partial charge is 0.501 e. The number of carbonyl (C=O) groups is 1. The van der Waals surface area contributed by atoms with E-state index < -0.39 is 11.3 Å². The predicted molar refractivity (Wildman–Crippen MR) is 98.2 cm³/mol. The molecule has 0 aliphatic heterocycles. The summed E-state index contributed by atoms with van der Waals surface area (Å²) in [6, 6.07) is 15.0. The molecule has 2 N–H and O–H groups in total. The van der Waals surface area contributed by atoms with Crippen molar-refractivity contribution in [2.45, 2.75) is 25.7 Å². The number of aromatic nitrogens is 3. The first kappa shape index (κ1) is 17.5. The van der Waals surface area contributed by atoms with Gasteiger partial charge in [0.25, 0.3) is 5.56 Å². The average Bonchev–Trinajstić information content (AvgIpc) is 2.69. The van der Waals surface area contributed by atoms with E-state index in [9.17, 15) is 14.7 Å². The minimum Gasteiger partial charge on any atom is -0.501 e. The molecule has 1 unspecified atom stereocenters. The van der Waals surface area contributed by atoms with Gasteiger partial charge < -0.3 is 10.1 Å². The van der Waals surface area contributed by atoms with Crippen molar-refractivity contribution in [2.24, 2.45) is 0 Å². The number of aromatic amines is 1. The monoisotopic (exact) mass is 349 g/mol. The van der Waals surface area contributed by atoms with Gasteiger partial charge in [0.2, 0.25) is 5.75 Å². The maximum absolute atomic E-state index is 12.5. The second kappa shape index (κ2) is 7.74.